The number of anilines is 1. The van der Waals surface area contributed by atoms with Crippen LogP contribution in [0.15, 0.2) is 97.3 Å². The van der Waals surface area contributed by atoms with E-state index in [1.807, 2.05) is 66.7 Å². The summed E-state index contributed by atoms with van der Waals surface area (Å²) in [6, 6.07) is 26.2. The van der Waals surface area contributed by atoms with E-state index in [4.69, 9.17) is 23.2 Å². The van der Waals surface area contributed by atoms with Crippen LogP contribution in [0, 0.1) is 0 Å². The Hall–Kier alpha value is -3.26. The van der Waals surface area contributed by atoms with Crippen LogP contribution >= 0.6 is 36.7 Å². The van der Waals surface area contributed by atoms with Gasteiger partial charge in [-0.15, -0.1) is 0 Å². The summed E-state index contributed by atoms with van der Waals surface area (Å²) in [5, 5.41) is 5.34. The van der Waals surface area contributed by atoms with Crippen molar-refractivity contribution in [2.45, 2.75) is 25.1 Å². The van der Waals surface area contributed by atoms with E-state index in [9.17, 15) is 13.2 Å². The van der Waals surface area contributed by atoms with E-state index in [0.29, 0.717) is 26.9 Å². The Morgan fingerprint density at radius 3 is 1.90 bits per heavy atom. The molecular formula is C30H24Cl2F3N3S. The maximum atomic E-state index is 13.3. The highest BCUT2D eigenvalue weighted by molar-refractivity contribution is 7.59. The highest BCUT2D eigenvalue weighted by Gasteiger charge is 2.30. The lowest BCUT2D eigenvalue weighted by molar-refractivity contribution is -0.137. The predicted octanol–water partition coefficient (Wildman–Crippen LogP) is 9.42. The van der Waals surface area contributed by atoms with Crippen molar-refractivity contribution in [1.29, 1.82) is 0 Å². The summed E-state index contributed by atoms with van der Waals surface area (Å²) in [7, 11) is 0. The van der Waals surface area contributed by atoms with Gasteiger partial charge in [0.15, 0.2) is 0 Å². The van der Waals surface area contributed by atoms with Crippen molar-refractivity contribution in [1.82, 2.24) is 9.97 Å². The molecule has 5 aromatic rings. The van der Waals surface area contributed by atoms with Crippen LogP contribution in [0.5, 0.6) is 0 Å². The minimum Gasteiger partial charge on any atom is -0.363 e. The second-order valence-corrected chi connectivity index (χ2v) is 9.90. The van der Waals surface area contributed by atoms with Crippen molar-refractivity contribution in [2.24, 2.45) is 0 Å². The van der Waals surface area contributed by atoms with Gasteiger partial charge in [-0.3, -0.25) is 0 Å². The van der Waals surface area contributed by atoms with E-state index in [1.54, 1.807) is 13.0 Å². The fraction of sp³-hybridized carbons (Fsp3) is 0.133. The topological polar surface area (TPSA) is 37.8 Å². The predicted molar refractivity (Wildman–Crippen MR) is 157 cm³/mol. The molecule has 0 spiro atoms. The quantitative estimate of drug-likeness (QED) is 0.202. The van der Waals surface area contributed by atoms with E-state index in [-0.39, 0.29) is 19.4 Å². The van der Waals surface area contributed by atoms with Gasteiger partial charge in [0.1, 0.15) is 12.1 Å². The highest BCUT2D eigenvalue weighted by Crippen LogP contribution is 2.36. The lowest BCUT2D eigenvalue weighted by Gasteiger charge is -2.21. The molecule has 0 amide bonds. The largest absolute Gasteiger partial charge is 0.416 e. The van der Waals surface area contributed by atoms with Crippen molar-refractivity contribution in [3.05, 3.63) is 135 Å². The van der Waals surface area contributed by atoms with Gasteiger partial charge in [0.05, 0.1) is 11.1 Å². The molecule has 0 unspecified atom stereocenters. The Morgan fingerprint density at radius 1 is 0.718 bits per heavy atom. The first-order valence-corrected chi connectivity index (χ1v) is 12.6. The van der Waals surface area contributed by atoms with Crippen LogP contribution in [0.25, 0.3) is 10.9 Å². The van der Waals surface area contributed by atoms with Crippen LogP contribution in [0.4, 0.5) is 19.0 Å². The Labute approximate surface area is 241 Å². The van der Waals surface area contributed by atoms with Crippen LogP contribution in [0.3, 0.4) is 0 Å². The lowest BCUT2D eigenvalue weighted by atomic mass is 9.84. The van der Waals surface area contributed by atoms with Crippen LogP contribution in [-0.4, -0.2) is 9.97 Å². The molecule has 1 atom stereocenters. The van der Waals surface area contributed by atoms with Gasteiger partial charge in [0.25, 0.3) is 0 Å². The lowest BCUT2D eigenvalue weighted by Crippen LogP contribution is -2.11. The van der Waals surface area contributed by atoms with Gasteiger partial charge in [0.2, 0.25) is 0 Å². The number of hydrogen-bond acceptors (Lipinski definition) is 3. The van der Waals surface area contributed by atoms with Crippen molar-refractivity contribution in [3.8, 4) is 0 Å². The van der Waals surface area contributed by atoms with Gasteiger partial charge in [-0.2, -0.15) is 26.7 Å². The summed E-state index contributed by atoms with van der Waals surface area (Å²) in [4.78, 5) is 8.84. The number of rotatable bonds is 6. The van der Waals surface area contributed by atoms with Crippen molar-refractivity contribution in [3.63, 3.8) is 0 Å². The van der Waals surface area contributed by atoms with Gasteiger partial charge in [-0.25, -0.2) is 9.97 Å². The summed E-state index contributed by atoms with van der Waals surface area (Å²) in [6.45, 7) is 1.80. The molecule has 0 aliphatic rings. The maximum absolute atomic E-state index is 13.3. The smallest absolute Gasteiger partial charge is 0.363 e. The van der Waals surface area contributed by atoms with Crippen LogP contribution in [0.2, 0.25) is 10.0 Å². The summed E-state index contributed by atoms with van der Waals surface area (Å²) in [6.07, 6.45) is -2.97. The van der Waals surface area contributed by atoms with Crippen molar-refractivity contribution in [2.75, 3.05) is 5.32 Å². The molecule has 0 saturated carbocycles. The number of nitrogens with zero attached hydrogens (tertiary/aromatic N) is 2. The number of aromatic nitrogens is 2. The van der Waals surface area contributed by atoms with Crippen LogP contribution in [-0.2, 0) is 6.18 Å². The first-order chi connectivity index (χ1) is 18.2. The number of fused-ring (bicyclic) bond motifs is 1. The molecule has 1 heterocycles. The number of hydrogen-bond donors (Lipinski definition) is 1. The molecule has 3 nitrogen and oxygen atoms in total. The molecule has 9 heteroatoms. The summed E-state index contributed by atoms with van der Waals surface area (Å²) < 4.78 is 39.8. The van der Waals surface area contributed by atoms with Gasteiger partial charge < -0.3 is 5.32 Å². The summed E-state index contributed by atoms with van der Waals surface area (Å²) in [5.74, 6) is 0.413. The summed E-state index contributed by atoms with van der Waals surface area (Å²) >= 11 is 12.3. The average Bonchev–Trinajstić information content (AvgIpc) is 2.91. The maximum Gasteiger partial charge on any atom is 0.416 e. The SMILES string of the molecule is C[C@H](Nc1ncnc2ccc(C(c3ccc(Cl)cc3)c3ccc(Cl)cc3)cc12)c1cccc(C(F)(F)F)c1.S. The first-order valence-electron chi connectivity index (χ1n) is 11.9. The number of nitrogens with one attached hydrogen (secondary N) is 1. The van der Waals surface area contributed by atoms with Gasteiger partial charge >= 0.3 is 6.18 Å². The molecule has 0 aliphatic carbocycles. The van der Waals surface area contributed by atoms with Crippen LogP contribution in [0.1, 0.15) is 46.7 Å². The second-order valence-electron chi connectivity index (χ2n) is 9.02. The van der Waals surface area contributed by atoms with E-state index in [1.165, 1.54) is 12.4 Å². The zero-order valence-corrected chi connectivity index (χ0v) is 23.2. The van der Waals surface area contributed by atoms with E-state index in [0.717, 1.165) is 34.2 Å². The molecule has 0 aliphatic heterocycles. The molecule has 0 bridgehead atoms. The third kappa shape index (κ3) is 6.49. The normalized spacial score (nSPS) is 12.3. The molecule has 1 aromatic heterocycles. The fourth-order valence-electron chi connectivity index (χ4n) is 4.53. The third-order valence-corrected chi connectivity index (χ3v) is 6.97. The minimum absolute atomic E-state index is 0. The average molecular weight is 587 g/mol. The van der Waals surface area contributed by atoms with E-state index >= 15 is 0 Å². The van der Waals surface area contributed by atoms with Crippen LogP contribution < -0.4 is 5.32 Å². The molecule has 0 fully saturated rings. The zero-order valence-electron chi connectivity index (χ0n) is 20.7. The Balaban J connectivity index is 0.00000353. The molecule has 39 heavy (non-hydrogen) atoms. The Morgan fingerprint density at radius 2 is 1.31 bits per heavy atom. The zero-order chi connectivity index (χ0) is 26.9. The Bertz CT molecular complexity index is 1530. The minimum atomic E-state index is -4.41. The third-order valence-electron chi connectivity index (χ3n) is 6.47. The standard InChI is InChI=1S/C30H22Cl2F3N3.H2S/c1-18(21-3-2-4-23(15-21)30(33,34)35)38-29-26-16-22(9-14-27(26)36-17-37-29)28(19-5-10-24(31)11-6-19)20-7-12-25(32)13-8-20;/h2-18,28H,1H3,(H,36,37,38);1H2/t18-;/m0./s1. The number of alkyl halides is 3. The second kappa shape index (κ2) is 11.9. The van der Waals surface area contributed by atoms with Gasteiger partial charge in [-0.1, -0.05) is 65.7 Å². The first kappa shape index (κ1) is 28.7. The fourth-order valence-corrected chi connectivity index (χ4v) is 4.78. The molecule has 0 saturated heterocycles. The van der Waals surface area contributed by atoms with Crippen molar-refractivity contribution >= 4 is 53.4 Å². The van der Waals surface area contributed by atoms with Gasteiger partial charge in [-0.05, 0) is 77.7 Å². The molecule has 200 valence electrons. The molecular weight excluding hydrogens is 562 g/mol. The van der Waals surface area contributed by atoms with Crippen molar-refractivity contribution < 1.29 is 13.2 Å². The van der Waals surface area contributed by atoms with Gasteiger partial charge in [0, 0.05) is 27.4 Å². The molecule has 0 radical (unpaired) electrons. The van der Waals surface area contributed by atoms with E-state index in [2.05, 4.69) is 15.3 Å². The van der Waals surface area contributed by atoms with E-state index < -0.39 is 17.8 Å². The number of benzene rings is 4. The number of halogens is 5. The Kier molecular flexibility index (Phi) is 8.74. The summed E-state index contributed by atoms with van der Waals surface area (Å²) in [5.41, 5.74) is 3.61. The highest BCUT2D eigenvalue weighted by atomic mass is 35.5. The molecule has 5 rings (SSSR count). The molecule has 4 aromatic carbocycles. The monoisotopic (exact) mass is 585 g/mol. The molecule has 1 N–H and O–H groups in total.